The number of hydrogen-bond donors (Lipinski definition) is 1. The Kier molecular flexibility index (Phi) is 6.21. The molecule has 0 radical (unpaired) electrons. The zero-order chi connectivity index (χ0) is 20.1. The SMILES string of the molecule is CN(CC(=O)N1CCC2(CCC(=O)N(CCc3ccccc3)C2)CC1)C(N)=O. The van der Waals surface area contributed by atoms with Crippen molar-refractivity contribution in [3.63, 3.8) is 0 Å². The summed E-state index contributed by atoms with van der Waals surface area (Å²) in [6, 6.07) is 9.64. The van der Waals surface area contributed by atoms with Crippen molar-refractivity contribution in [1.29, 1.82) is 0 Å². The van der Waals surface area contributed by atoms with Crippen molar-refractivity contribution in [3.8, 4) is 0 Å². The second-order valence-corrected chi connectivity index (χ2v) is 8.13. The molecular formula is C21H30N4O3. The van der Waals surface area contributed by atoms with Crippen LogP contribution in [0.2, 0.25) is 0 Å². The number of carbonyl (C=O) groups excluding carboxylic acids is 3. The van der Waals surface area contributed by atoms with Gasteiger partial charge in [-0.05, 0) is 36.7 Å². The number of amides is 4. The van der Waals surface area contributed by atoms with Gasteiger partial charge in [0.1, 0.15) is 6.54 Å². The first-order valence-electron chi connectivity index (χ1n) is 9.99. The molecule has 2 saturated heterocycles. The Morgan fingerprint density at radius 3 is 2.46 bits per heavy atom. The van der Waals surface area contributed by atoms with Crippen molar-refractivity contribution in [1.82, 2.24) is 14.7 Å². The van der Waals surface area contributed by atoms with Crippen LogP contribution in [0.3, 0.4) is 0 Å². The molecule has 3 rings (SSSR count). The number of hydrogen-bond acceptors (Lipinski definition) is 3. The topological polar surface area (TPSA) is 87.0 Å². The monoisotopic (exact) mass is 386 g/mol. The molecule has 152 valence electrons. The van der Waals surface area contributed by atoms with Gasteiger partial charge in [0.15, 0.2) is 0 Å². The van der Waals surface area contributed by atoms with Crippen LogP contribution < -0.4 is 5.73 Å². The van der Waals surface area contributed by atoms with Gasteiger partial charge in [-0.2, -0.15) is 0 Å². The molecule has 0 atom stereocenters. The molecule has 2 aliphatic rings. The van der Waals surface area contributed by atoms with Crippen LogP contribution in [-0.2, 0) is 16.0 Å². The minimum absolute atomic E-state index is 0.0179. The molecule has 0 bridgehead atoms. The lowest BCUT2D eigenvalue weighted by molar-refractivity contribution is -0.142. The minimum atomic E-state index is -0.596. The van der Waals surface area contributed by atoms with Gasteiger partial charge in [0.2, 0.25) is 11.8 Å². The molecule has 0 saturated carbocycles. The maximum atomic E-state index is 12.4. The van der Waals surface area contributed by atoms with Crippen molar-refractivity contribution in [2.24, 2.45) is 11.1 Å². The lowest BCUT2D eigenvalue weighted by Gasteiger charge is -2.47. The average Bonchev–Trinajstić information content (AvgIpc) is 2.70. The molecule has 1 aromatic rings. The average molecular weight is 386 g/mol. The van der Waals surface area contributed by atoms with E-state index in [1.165, 1.54) is 17.5 Å². The van der Waals surface area contributed by atoms with E-state index in [4.69, 9.17) is 5.73 Å². The van der Waals surface area contributed by atoms with Crippen LogP contribution in [0.5, 0.6) is 0 Å². The summed E-state index contributed by atoms with van der Waals surface area (Å²) in [7, 11) is 1.53. The standard InChI is InChI=1S/C21H30N4O3/c1-23(20(22)28)15-19(27)24-13-10-21(11-14-24)9-7-18(26)25(16-21)12-8-17-5-3-2-4-6-17/h2-6H,7-16H2,1H3,(H2,22,28). The van der Waals surface area contributed by atoms with Gasteiger partial charge < -0.3 is 20.4 Å². The molecule has 0 aromatic heterocycles. The third-order valence-corrected chi connectivity index (χ3v) is 6.19. The number of nitrogens with two attached hydrogens (primary N) is 1. The molecule has 1 spiro atoms. The second kappa shape index (κ2) is 8.63. The first-order valence-corrected chi connectivity index (χ1v) is 9.99. The lowest BCUT2D eigenvalue weighted by Crippen LogP contribution is -2.53. The molecule has 0 unspecified atom stereocenters. The second-order valence-electron chi connectivity index (χ2n) is 8.13. The molecule has 7 heteroatoms. The van der Waals surface area contributed by atoms with Crippen LogP contribution >= 0.6 is 0 Å². The van der Waals surface area contributed by atoms with Crippen LogP contribution in [-0.4, -0.2) is 72.3 Å². The number of rotatable bonds is 5. The maximum absolute atomic E-state index is 12.4. The number of primary amides is 1. The molecule has 2 aliphatic heterocycles. The lowest BCUT2D eigenvalue weighted by atomic mass is 9.72. The number of nitrogens with zero attached hydrogens (tertiary/aromatic N) is 3. The van der Waals surface area contributed by atoms with Crippen molar-refractivity contribution < 1.29 is 14.4 Å². The van der Waals surface area contributed by atoms with Crippen molar-refractivity contribution >= 4 is 17.8 Å². The fourth-order valence-corrected chi connectivity index (χ4v) is 4.23. The highest BCUT2D eigenvalue weighted by Gasteiger charge is 2.41. The van der Waals surface area contributed by atoms with E-state index in [1.807, 2.05) is 28.0 Å². The summed E-state index contributed by atoms with van der Waals surface area (Å²) in [5, 5.41) is 0. The van der Waals surface area contributed by atoms with Gasteiger partial charge >= 0.3 is 6.03 Å². The Bertz CT molecular complexity index is 714. The van der Waals surface area contributed by atoms with Crippen LogP contribution in [0, 0.1) is 5.41 Å². The Balaban J connectivity index is 1.53. The predicted molar refractivity (Wildman–Crippen MR) is 106 cm³/mol. The van der Waals surface area contributed by atoms with E-state index >= 15 is 0 Å². The summed E-state index contributed by atoms with van der Waals surface area (Å²) in [5.41, 5.74) is 6.56. The van der Waals surface area contributed by atoms with Crippen molar-refractivity contribution in [2.45, 2.75) is 32.1 Å². The van der Waals surface area contributed by atoms with E-state index in [-0.39, 0.29) is 23.8 Å². The third-order valence-electron chi connectivity index (χ3n) is 6.19. The Labute approximate surface area is 166 Å². The van der Waals surface area contributed by atoms with E-state index in [0.717, 1.165) is 38.8 Å². The zero-order valence-electron chi connectivity index (χ0n) is 16.6. The van der Waals surface area contributed by atoms with E-state index < -0.39 is 6.03 Å². The number of urea groups is 1. The fourth-order valence-electron chi connectivity index (χ4n) is 4.23. The largest absolute Gasteiger partial charge is 0.351 e. The molecule has 2 fully saturated rings. The Morgan fingerprint density at radius 2 is 1.82 bits per heavy atom. The Morgan fingerprint density at radius 1 is 1.14 bits per heavy atom. The van der Waals surface area contributed by atoms with Crippen molar-refractivity contribution in [2.75, 3.05) is 39.8 Å². The minimum Gasteiger partial charge on any atom is -0.351 e. The van der Waals surface area contributed by atoms with Crippen LogP contribution in [0.1, 0.15) is 31.2 Å². The van der Waals surface area contributed by atoms with Gasteiger partial charge in [0, 0.05) is 39.6 Å². The fraction of sp³-hybridized carbons (Fsp3) is 0.571. The zero-order valence-corrected chi connectivity index (χ0v) is 16.6. The summed E-state index contributed by atoms with van der Waals surface area (Å²) < 4.78 is 0. The van der Waals surface area contributed by atoms with Crippen LogP contribution in [0.25, 0.3) is 0 Å². The summed E-state index contributed by atoms with van der Waals surface area (Å²) in [5.74, 6) is 0.173. The van der Waals surface area contributed by atoms with Crippen LogP contribution in [0.15, 0.2) is 30.3 Å². The van der Waals surface area contributed by atoms with E-state index in [2.05, 4.69) is 12.1 Å². The van der Waals surface area contributed by atoms with E-state index in [1.54, 1.807) is 0 Å². The number of benzene rings is 1. The van der Waals surface area contributed by atoms with Gasteiger partial charge in [-0.15, -0.1) is 0 Å². The number of likely N-dealkylation sites (tertiary alicyclic amines) is 2. The molecular weight excluding hydrogens is 356 g/mol. The molecule has 1 aromatic carbocycles. The number of piperidine rings is 2. The summed E-state index contributed by atoms with van der Waals surface area (Å²) >= 11 is 0. The maximum Gasteiger partial charge on any atom is 0.314 e. The number of likely N-dealkylation sites (N-methyl/N-ethyl adjacent to an activating group) is 1. The van der Waals surface area contributed by atoms with Crippen LogP contribution in [0.4, 0.5) is 4.79 Å². The van der Waals surface area contributed by atoms with Gasteiger partial charge in [-0.1, -0.05) is 30.3 Å². The highest BCUT2D eigenvalue weighted by atomic mass is 16.2. The molecule has 2 N–H and O–H groups in total. The normalized spacial score (nSPS) is 19.0. The highest BCUT2D eigenvalue weighted by Crippen LogP contribution is 2.40. The molecule has 0 aliphatic carbocycles. The van der Waals surface area contributed by atoms with Gasteiger partial charge in [0.25, 0.3) is 0 Å². The van der Waals surface area contributed by atoms with Gasteiger partial charge in [-0.25, -0.2) is 4.79 Å². The van der Waals surface area contributed by atoms with Crippen molar-refractivity contribution in [3.05, 3.63) is 35.9 Å². The number of carbonyl (C=O) groups is 3. The summed E-state index contributed by atoms with van der Waals surface area (Å²) in [4.78, 5) is 41.0. The molecule has 28 heavy (non-hydrogen) atoms. The first kappa shape index (κ1) is 20.2. The Hall–Kier alpha value is -2.57. The van der Waals surface area contributed by atoms with Gasteiger partial charge in [-0.3, -0.25) is 9.59 Å². The first-order chi connectivity index (χ1) is 13.4. The highest BCUT2D eigenvalue weighted by molar-refractivity contribution is 5.83. The van der Waals surface area contributed by atoms with Gasteiger partial charge in [0.05, 0.1) is 0 Å². The predicted octanol–water partition coefficient (Wildman–Crippen LogP) is 1.47. The molecule has 4 amide bonds. The molecule has 7 nitrogen and oxygen atoms in total. The quantitative estimate of drug-likeness (QED) is 0.831. The smallest absolute Gasteiger partial charge is 0.314 e. The summed E-state index contributed by atoms with van der Waals surface area (Å²) in [6.07, 6.45) is 4.15. The van der Waals surface area contributed by atoms with E-state index in [0.29, 0.717) is 19.5 Å². The summed E-state index contributed by atoms with van der Waals surface area (Å²) in [6.45, 7) is 2.89. The molecule has 2 heterocycles. The third kappa shape index (κ3) is 4.82. The van der Waals surface area contributed by atoms with E-state index in [9.17, 15) is 14.4 Å².